The number of rotatable bonds is 8. The Labute approximate surface area is 221 Å². The van der Waals surface area contributed by atoms with Gasteiger partial charge in [0.05, 0.1) is 5.69 Å². The molecule has 0 bridgehead atoms. The molecule has 9 heteroatoms. The Kier molecular flexibility index (Phi) is 7.44. The van der Waals surface area contributed by atoms with E-state index in [9.17, 15) is 9.59 Å². The van der Waals surface area contributed by atoms with Crippen molar-refractivity contribution in [3.8, 4) is 0 Å². The Morgan fingerprint density at radius 3 is 2.76 bits per heavy atom. The quantitative estimate of drug-likeness (QED) is 0.285. The van der Waals surface area contributed by atoms with Gasteiger partial charge < -0.3 is 29.6 Å². The van der Waals surface area contributed by atoms with Crippen molar-refractivity contribution in [2.45, 2.75) is 32.5 Å². The van der Waals surface area contributed by atoms with Gasteiger partial charge in [0.15, 0.2) is 5.82 Å². The Hall–Kier alpha value is -4.53. The van der Waals surface area contributed by atoms with Gasteiger partial charge in [0.25, 0.3) is 0 Å². The third kappa shape index (κ3) is 5.72. The number of pyridine rings is 1. The van der Waals surface area contributed by atoms with Crippen molar-refractivity contribution in [1.82, 2.24) is 9.97 Å². The summed E-state index contributed by atoms with van der Waals surface area (Å²) < 4.78 is 5.33. The molecular formula is C29H32N6O3. The molecule has 1 amide bonds. The van der Waals surface area contributed by atoms with Crippen LogP contribution in [0.15, 0.2) is 72.9 Å². The average Bonchev–Trinajstić information content (AvgIpc) is 3.35. The van der Waals surface area contributed by atoms with Crippen molar-refractivity contribution >= 4 is 46.3 Å². The zero-order valence-electron chi connectivity index (χ0n) is 21.6. The fourth-order valence-electron chi connectivity index (χ4n) is 4.72. The second kappa shape index (κ2) is 11.2. The van der Waals surface area contributed by atoms with Crippen LogP contribution in [0.2, 0.25) is 0 Å². The number of aromatic amines is 1. The molecule has 0 radical (unpaired) electrons. The van der Waals surface area contributed by atoms with Crippen LogP contribution >= 0.6 is 0 Å². The average molecular weight is 513 g/mol. The number of nitrogens with zero attached hydrogens (tertiary/aromatic N) is 3. The lowest BCUT2D eigenvalue weighted by molar-refractivity contribution is -0.109. The van der Waals surface area contributed by atoms with E-state index in [1.54, 1.807) is 6.20 Å². The molecule has 4 aromatic rings. The summed E-state index contributed by atoms with van der Waals surface area (Å²) in [5.74, 6) is 1.72. The topological polar surface area (TPSA) is 103 Å². The normalized spacial score (nSPS) is 15.5. The van der Waals surface area contributed by atoms with Crippen molar-refractivity contribution in [2.24, 2.45) is 0 Å². The summed E-state index contributed by atoms with van der Waals surface area (Å²) in [6.45, 7) is 6.30. The molecular weight excluding hydrogens is 480 g/mol. The number of aromatic nitrogens is 2. The molecule has 1 fully saturated rings. The fourth-order valence-corrected chi connectivity index (χ4v) is 4.72. The van der Waals surface area contributed by atoms with Crippen LogP contribution in [0.3, 0.4) is 0 Å². The van der Waals surface area contributed by atoms with Crippen LogP contribution in [0.4, 0.5) is 27.8 Å². The zero-order chi connectivity index (χ0) is 26.5. The van der Waals surface area contributed by atoms with Crippen LogP contribution in [0.5, 0.6) is 0 Å². The van der Waals surface area contributed by atoms with E-state index < -0.39 is 6.09 Å². The number of hydrogen-bond acceptors (Lipinski definition) is 7. The second-order valence-corrected chi connectivity index (χ2v) is 9.66. The van der Waals surface area contributed by atoms with Gasteiger partial charge in [0.1, 0.15) is 24.8 Å². The largest absolute Gasteiger partial charge is 0.444 e. The Morgan fingerprint density at radius 1 is 1.13 bits per heavy atom. The highest BCUT2D eigenvalue weighted by Gasteiger charge is 2.29. The fraction of sp³-hybridized carbons (Fsp3) is 0.276. The van der Waals surface area contributed by atoms with E-state index >= 15 is 0 Å². The van der Waals surface area contributed by atoms with Gasteiger partial charge in [-0.15, -0.1) is 0 Å². The first kappa shape index (κ1) is 25.1. The van der Waals surface area contributed by atoms with E-state index in [2.05, 4.69) is 44.2 Å². The lowest BCUT2D eigenvalue weighted by Crippen LogP contribution is -2.54. The minimum Gasteiger partial charge on any atom is -0.444 e. The van der Waals surface area contributed by atoms with Gasteiger partial charge in [-0.3, -0.25) is 5.32 Å². The van der Waals surface area contributed by atoms with Crippen molar-refractivity contribution in [3.63, 3.8) is 0 Å². The van der Waals surface area contributed by atoms with Crippen LogP contribution in [0.25, 0.3) is 10.9 Å². The highest BCUT2D eigenvalue weighted by atomic mass is 16.5. The predicted octanol–water partition coefficient (Wildman–Crippen LogP) is 5.03. The lowest BCUT2D eigenvalue weighted by atomic mass is 10.1. The number of anilines is 4. The van der Waals surface area contributed by atoms with Crippen LogP contribution < -0.4 is 20.4 Å². The van der Waals surface area contributed by atoms with E-state index in [0.29, 0.717) is 18.8 Å². The van der Waals surface area contributed by atoms with Gasteiger partial charge in [-0.05, 0) is 55.8 Å². The lowest BCUT2D eigenvalue weighted by Gasteiger charge is -2.40. The summed E-state index contributed by atoms with van der Waals surface area (Å²) in [4.78, 5) is 36.7. The van der Waals surface area contributed by atoms with Gasteiger partial charge >= 0.3 is 6.09 Å². The number of carbonyl (C=O) groups is 2. The number of aldehydes is 1. The number of H-pyrrole nitrogens is 1. The molecule has 0 spiro atoms. The zero-order valence-corrected chi connectivity index (χ0v) is 21.6. The maximum Gasteiger partial charge on any atom is 0.411 e. The summed E-state index contributed by atoms with van der Waals surface area (Å²) in [5, 5.41) is 7.17. The monoisotopic (exact) mass is 512 g/mol. The molecule has 38 heavy (non-hydrogen) atoms. The first-order valence-electron chi connectivity index (χ1n) is 12.8. The van der Waals surface area contributed by atoms with Crippen LogP contribution in [0, 0.1) is 0 Å². The number of nitrogens with one attached hydrogen (secondary N) is 3. The molecule has 1 unspecified atom stereocenters. The minimum atomic E-state index is -0.512. The molecule has 1 atom stereocenters. The number of ether oxygens (including phenoxy) is 1. The summed E-state index contributed by atoms with van der Waals surface area (Å²) >= 11 is 0. The number of piperazine rings is 1. The molecule has 1 aliphatic rings. The van der Waals surface area contributed by atoms with Gasteiger partial charge in [-0.25, -0.2) is 9.78 Å². The smallest absolute Gasteiger partial charge is 0.411 e. The first-order valence-corrected chi connectivity index (χ1v) is 12.8. The molecule has 9 nitrogen and oxygen atoms in total. The Bertz CT molecular complexity index is 1400. The molecule has 196 valence electrons. The van der Waals surface area contributed by atoms with E-state index in [-0.39, 0.29) is 18.7 Å². The maximum absolute atomic E-state index is 12.3. The third-order valence-corrected chi connectivity index (χ3v) is 6.48. The van der Waals surface area contributed by atoms with Gasteiger partial charge in [-0.1, -0.05) is 30.3 Å². The minimum absolute atomic E-state index is 0.204. The summed E-state index contributed by atoms with van der Waals surface area (Å²) in [6.07, 6.45) is 2.26. The molecule has 0 saturated carbocycles. The van der Waals surface area contributed by atoms with Crippen molar-refractivity contribution in [1.29, 1.82) is 0 Å². The van der Waals surface area contributed by atoms with Gasteiger partial charge in [0.2, 0.25) is 0 Å². The third-order valence-electron chi connectivity index (χ3n) is 6.48. The molecule has 0 aliphatic carbocycles. The number of benzene rings is 2. The molecule has 2 aromatic heterocycles. The van der Waals surface area contributed by atoms with Gasteiger partial charge in [0, 0.05) is 48.5 Å². The van der Waals surface area contributed by atoms with Crippen LogP contribution in [-0.2, 0) is 16.1 Å². The SMILES string of the molecule is CC(C)Nc1cccnc1N1CCN(c2cc3cc(NC(=O)OCc4ccccc4)ccc3[nH]2)C(C=O)C1. The highest BCUT2D eigenvalue weighted by molar-refractivity contribution is 5.92. The first-order chi connectivity index (χ1) is 18.5. The van der Waals surface area contributed by atoms with Crippen molar-refractivity contribution < 1.29 is 14.3 Å². The molecule has 1 aliphatic heterocycles. The summed E-state index contributed by atoms with van der Waals surface area (Å²) in [6, 6.07) is 21.1. The second-order valence-electron chi connectivity index (χ2n) is 9.66. The van der Waals surface area contributed by atoms with E-state index in [4.69, 9.17) is 4.74 Å². The van der Waals surface area contributed by atoms with Crippen LogP contribution in [-0.4, -0.2) is 54.1 Å². The van der Waals surface area contributed by atoms with Crippen LogP contribution in [0.1, 0.15) is 19.4 Å². The highest BCUT2D eigenvalue weighted by Crippen LogP contribution is 2.30. The Balaban J connectivity index is 1.26. The standard InChI is InChI=1S/C29H32N6O3/c1-20(2)31-26-9-6-12-30-28(26)34-13-14-35(24(17-34)18-36)27-16-22-15-23(10-11-25(22)33-27)32-29(37)38-19-21-7-4-3-5-8-21/h3-12,15-16,18,20,24,31,33H,13-14,17,19H2,1-2H3,(H,32,37). The van der Waals surface area contributed by atoms with E-state index in [0.717, 1.165) is 46.6 Å². The van der Waals surface area contributed by atoms with E-state index in [1.807, 2.05) is 66.7 Å². The van der Waals surface area contributed by atoms with E-state index in [1.165, 1.54) is 0 Å². The summed E-state index contributed by atoms with van der Waals surface area (Å²) in [5.41, 5.74) is 3.45. The molecule has 5 rings (SSSR count). The number of hydrogen-bond donors (Lipinski definition) is 3. The molecule has 1 saturated heterocycles. The molecule has 3 N–H and O–H groups in total. The Morgan fingerprint density at radius 2 is 1.97 bits per heavy atom. The number of carbonyl (C=O) groups excluding carboxylic acids is 2. The van der Waals surface area contributed by atoms with Gasteiger partial charge in [-0.2, -0.15) is 0 Å². The summed E-state index contributed by atoms with van der Waals surface area (Å²) in [7, 11) is 0. The molecule has 2 aromatic carbocycles. The van der Waals surface area contributed by atoms with Crippen molar-refractivity contribution in [2.75, 3.05) is 40.1 Å². The predicted molar refractivity (Wildman–Crippen MR) is 151 cm³/mol. The number of amides is 1. The maximum atomic E-state index is 12.3. The van der Waals surface area contributed by atoms with Crippen molar-refractivity contribution in [3.05, 3.63) is 78.5 Å². The number of fused-ring (bicyclic) bond motifs is 1. The molecule has 3 heterocycles.